The Morgan fingerprint density at radius 3 is 2.56 bits per heavy atom. The molecule has 0 aliphatic carbocycles. The molecule has 1 heterocycles. The number of nitrogens with zero attached hydrogens (tertiary/aromatic N) is 2. The van der Waals surface area contributed by atoms with Gasteiger partial charge < -0.3 is 5.73 Å². The van der Waals surface area contributed by atoms with E-state index < -0.39 is 34.1 Å². The van der Waals surface area contributed by atoms with Crippen LogP contribution >= 0.6 is 22.6 Å². The minimum Gasteiger partial charge on any atom is -0.365 e. The van der Waals surface area contributed by atoms with Gasteiger partial charge in [-0.25, -0.2) is 13.8 Å². The number of nitrogens with two attached hydrogens (primary N) is 1. The number of rotatable bonds is 3. The number of pyridine rings is 1. The van der Waals surface area contributed by atoms with Gasteiger partial charge >= 0.3 is 0 Å². The first-order chi connectivity index (χ1) is 7.36. The summed E-state index contributed by atoms with van der Waals surface area (Å²) < 4.78 is 24.8. The summed E-state index contributed by atoms with van der Waals surface area (Å²) in [7, 11) is 0. The van der Waals surface area contributed by atoms with Crippen LogP contribution in [0.1, 0.15) is 22.3 Å². The summed E-state index contributed by atoms with van der Waals surface area (Å²) in [5.74, 6) is -1.16. The lowest BCUT2D eigenvalue weighted by molar-refractivity contribution is -0.386. The molecule has 0 saturated carbocycles. The standard InChI is InChI=1S/C7H4F2IN3O3/c8-5(9)2-1-12-6(10)3(7(11)14)4(2)13(15)16/h1,5H,(H2,11,14). The predicted molar refractivity (Wildman–Crippen MR) is 57.1 cm³/mol. The molecule has 0 radical (unpaired) electrons. The van der Waals surface area contributed by atoms with Crippen molar-refractivity contribution in [3.63, 3.8) is 0 Å². The second-order valence-electron chi connectivity index (χ2n) is 2.65. The van der Waals surface area contributed by atoms with Crippen LogP contribution < -0.4 is 5.73 Å². The molecule has 1 amide bonds. The first-order valence-electron chi connectivity index (χ1n) is 3.77. The summed E-state index contributed by atoms with van der Waals surface area (Å²) in [5, 5.41) is 10.6. The number of nitro groups is 1. The van der Waals surface area contributed by atoms with E-state index in [4.69, 9.17) is 5.73 Å². The molecule has 0 saturated heterocycles. The third-order valence-electron chi connectivity index (χ3n) is 1.70. The van der Waals surface area contributed by atoms with Gasteiger partial charge in [-0.15, -0.1) is 0 Å². The molecule has 1 aromatic heterocycles. The number of halogens is 3. The number of alkyl halides is 2. The van der Waals surface area contributed by atoms with Crippen molar-refractivity contribution in [2.24, 2.45) is 5.73 Å². The summed E-state index contributed by atoms with van der Waals surface area (Å²) in [4.78, 5) is 24.0. The van der Waals surface area contributed by atoms with E-state index in [2.05, 4.69) is 4.98 Å². The molecule has 0 aliphatic rings. The van der Waals surface area contributed by atoms with Crippen molar-refractivity contribution in [3.05, 3.63) is 31.1 Å². The summed E-state index contributed by atoms with van der Waals surface area (Å²) in [6, 6.07) is 0. The maximum absolute atomic E-state index is 12.5. The zero-order valence-electron chi connectivity index (χ0n) is 7.49. The van der Waals surface area contributed by atoms with Gasteiger partial charge in [0.2, 0.25) is 0 Å². The molecule has 0 atom stereocenters. The van der Waals surface area contributed by atoms with Crippen molar-refractivity contribution in [2.75, 3.05) is 0 Å². The van der Waals surface area contributed by atoms with E-state index in [1.807, 2.05) is 0 Å². The van der Waals surface area contributed by atoms with Crippen molar-refractivity contribution in [1.82, 2.24) is 4.98 Å². The molecule has 0 spiro atoms. The normalized spacial score (nSPS) is 10.5. The number of aromatic nitrogens is 1. The molecular formula is C7H4F2IN3O3. The van der Waals surface area contributed by atoms with Gasteiger partial charge in [-0.2, -0.15) is 0 Å². The van der Waals surface area contributed by atoms with E-state index in [0.29, 0.717) is 6.20 Å². The van der Waals surface area contributed by atoms with Gasteiger partial charge in [0.1, 0.15) is 14.8 Å². The summed E-state index contributed by atoms with van der Waals surface area (Å²) in [6.45, 7) is 0. The Morgan fingerprint density at radius 1 is 1.62 bits per heavy atom. The minimum atomic E-state index is -3.09. The van der Waals surface area contributed by atoms with Crippen molar-refractivity contribution in [3.8, 4) is 0 Å². The minimum absolute atomic E-state index is 0.0822. The van der Waals surface area contributed by atoms with Gasteiger partial charge in [0, 0.05) is 6.20 Å². The molecule has 0 fully saturated rings. The van der Waals surface area contributed by atoms with Gasteiger partial charge in [-0.1, -0.05) is 0 Å². The summed E-state index contributed by atoms with van der Waals surface area (Å²) in [5.41, 5.74) is 2.39. The van der Waals surface area contributed by atoms with Crippen LogP contribution in [0.3, 0.4) is 0 Å². The van der Waals surface area contributed by atoms with Crippen LogP contribution in [0.2, 0.25) is 0 Å². The van der Waals surface area contributed by atoms with Gasteiger partial charge in [-0.05, 0) is 22.6 Å². The highest BCUT2D eigenvalue weighted by atomic mass is 127. The Morgan fingerprint density at radius 2 is 2.19 bits per heavy atom. The highest BCUT2D eigenvalue weighted by Gasteiger charge is 2.31. The zero-order valence-corrected chi connectivity index (χ0v) is 9.64. The highest BCUT2D eigenvalue weighted by Crippen LogP contribution is 2.32. The van der Waals surface area contributed by atoms with Crippen molar-refractivity contribution >= 4 is 34.2 Å². The van der Waals surface area contributed by atoms with Crippen molar-refractivity contribution in [1.29, 1.82) is 0 Å². The zero-order chi connectivity index (χ0) is 12.5. The number of primary amides is 1. The van der Waals surface area contributed by atoms with Crippen LogP contribution in [0, 0.1) is 13.8 Å². The molecule has 1 aromatic rings. The molecular weight excluding hydrogens is 339 g/mol. The summed E-state index contributed by atoms with van der Waals surface area (Å²) >= 11 is 1.51. The Hall–Kier alpha value is -1.39. The Bertz CT molecular complexity index is 466. The van der Waals surface area contributed by atoms with E-state index in [9.17, 15) is 23.7 Å². The van der Waals surface area contributed by atoms with E-state index in [0.717, 1.165) is 0 Å². The second-order valence-corrected chi connectivity index (χ2v) is 3.67. The number of carbonyl (C=O) groups is 1. The largest absolute Gasteiger partial charge is 0.365 e. The number of hydrogen-bond donors (Lipinski definition) is 1. The van der Waals surface area contributed by atoms with Crippen LogP contribution in [-0.2, 0) is 0 Å². The van der Waals surface area contributed by atoms with Gasteiger partial charge in [0.15, 0.2) is 0 Å². The summed E-state index contributed by atoms with van der Waals surface area (Å²) in [6.07, 6.45) is -2.43. The van der Waals surface area contributed by atoms with E-state index >= 15 is 0 Å². The Kier molecular flexibility index (Phi) is 3.67. The van der Waals surface area contributed by atoms with Crippen molar-refractivity contribution in [2.45, 2.75) is 6.43 Å². The third-order valence-corrected chi connectivity index (χ3v) is 2.52. The lowest BCUT2D eigenvalue weighted by atomic mass is 10.1. The van der Waals surface area contributed by atoms with E-state index in [1.54, 1.807) is 0 Å². The van der Waals surface area contributed by atoms with E-state index in [-0.39, 0.29) is 3.70 Å². The first-order valence-corrected chi connectivity index (χ1v) is 4.84. The SMILES string of the molecule is NC(=O)c1c(I)ncc(C(F)F)c1[N+](=O)[O-]. The number of hydrogen-bond acceptors (Lipinski definition) is 4. The molecule has 16 heavy (non-hydrogen) atoms. The third kappa shape index (κ3) is 2.23. The fraction of sp³-hybridized carbons (Fsp3) is 0.143. The lowest BCUT2D eigenvalue weighted by Gasteiger charge is -2.05. The lowest BCUT2D eigenvalue weighted by Crippen LogP contribution is -2.17. The maximum Gasteiger partial charge on any atom is 0.295 e. The molecule has 0 bridgehead atoms. The average molecular weight is 343 g/mol. The smallest absolute Gasteiger partial charge is 0.295 e. The molecule has 2 N–H and O–H groups in total. The number of carbonyl (C=O) groups excluding carboxylic acids is 1. The molecule has 0 unspecified atom stereocenters. The first kappa shape index (κ1) is 12.7. The second kappa shape index (κ2) is 4.63. The van der Waals surface area contributed by atoms with Crippen LogP contribution in [-0.4, -0.2) is 15.8 Å². The predicted octanol–water partition coefficient (Wildman–Crippen LogP) is 1.63. The molecule has 86 valence electrons. The highest BCUT2D eigenvalue weighted by molar-refractivity contribution is 14.1. The fourth-order valence-corrected chi connectivity index (χ4v) is 1.73. The Labute approximate surface area is 101 Å². The van der Waals surface area contributed by atoms with Crippen LogP contribution in [0.5, 0.6) is 0 Å². The topological polar surface area (TPSA) is 99.1 Å². The van der Waals surface area contributed by atoms with Gasteiger partial charge in [0.05, 0.1) is 4.92 Å². The maximum atomic E-state index is 12.5. The van der Waals surface area contributed by atoms with Crippen molar-refractivity contribution < 1.29 is 18.5 Å². The van der Waals surface area contributed by atoms with E-state index in [1.165, 1.54) is 22.6 Å². The van der Waals surface area contributed by atoms with Crippen LogP contribution in [0.15, 0.2) is 6.20 Å². The van der Waals surface area contributed by atoms with Crippen LogP contribution in [0.25, 0.3) is 0 Å². The molecule has 6 nitrogen and oxygen atoms in total. The van der Waals surface area contributed by atoms with Gasteiger partial charge in [-0.3, -0.25) is 14.9 Å². The quantitative estimate of drug-likeness (QED) is 0.390. The fourth-order valence-electron chi connectivity index (χ4n) is 1.07. The molecule has 0 aromatic carbocycles. The average Bonchev–Trinajstić information content (AvgIpc) is 2.15. The van der Waals surface area contributed by atoms with Gasteiger partial charge in [0.25, 0.3) is 18.0 Å². The molecule has 1 rings (SSSR count). The molecule has 9 heteroatoms. The van der Waals surface area contributed by atoms with Crippen LogP contribution in [0.4, 0.5) is 14.5 Å². The Balaban J connectivity index is 3.63. The number of amides is 1. The monoisotopic (exact) mass is 343 g/mol. The molecule has 0 aliphatic heterocycles.